The number of nitro benzene ring substituents is 1. The van der Waals surface area contributed by atoms with E-state index < -0.39 is 16.9 Å². The van der Waals surface area contributed by atoms with E-state index in [9.17, 15) is 19.8 Å². The number of hydrogen-bond donors (Lipinski definition) is 1. The molecule has 0 saturated carbocycles. The Balaban J connectivity index is 2.26. The molecule has 108 valence electrons. The van der Waals surface area contributed by atoms with Gasteiger partial charge in [0.2, 0.25) is 0 Å². The fourth-order valence-corrected chi connectivity index (χ4v) is 1.52. The van der Waals surface area contributed by atoms with Crippen LogP contribution in [0.4, 0.5) is 5.69 Å². The van der Waals surface area contributed by atoms with E-state index in [-0.39, 0.29) is 12.1 Å². The van der Waals surface area contributed by atoms with Gasteiger partial charge in [0.15, 0.2) is 6.04 Å². The Labute approximate surface area is 114 Å². The van der Waals surface area contributed by atoms with Gasteiger partial charge in [0.25, 0.3) is 5.69 Å². The minimum Gasteiger partial charge on any atom is -0.494 e. The second kappa shape index (κ2) is 7.82. The zero-order valence-electron chi connectivity index (χ0n) is 10.6. The molecule has 0 fully saturated rings. The molecule has 1 aromatic rings. The number of hydrogen-bond acceptors (Lipinski definition) is 6. The molecule has 0 amide bonds. The SMILES string of the molecule is O=NC(CCCCOc1ccc([N+](=O)[O-])cc1)C(=O)O. The standard InChI is InChI=1S/C12H14N2O6/c15-12(16)11(13-17)3-1-2-8-20-10-6-4-9(5-7-10)14(18)19/h4-7,11H,1-3,8H2,(H,15,16). The van der Waals surface area contributed by atoms with Gasteiger partial charge >= 0.3 is 5.97 Å². The number of nitroso groups, excluding NO2 is 1. The third-order valence-corrected chi connectivity index (χ3v) is 2.60. The molecule has 0 bridgehead atoms. The number of ether oxygens (including phenoxy) is 1. The van der Waals surface area contributed by atoms with E-state index in [1.54, 1.807) is 0 Å². The number of carbonyl (C=O) groups is 1. The van der Waals surface area contributed by atoms with Crippen molar-refractivity contribution >= 4 is 11.7 Å². The van der Waals surface area contributed by atoms with E-state index in [1.807, 2.05) is 0 Å². The van der Waals surface area contributed by atoms with Gasteiger partial charge in [0, 0.05) is 12.1 Å². The molecule has 0 aliphatic heterocycles. The smallest absolute Gasteiger partial charge is 0.332 e. The first-order valence-electron chi connectivity index (χ1n) is 5.97. The van der Waals surface area contributed by atoms with E-state index >= 15 is 0 Å². The van der Waals surface area contributed by atoms with Crippen molar-refractivity contribution in [2.24, 2.45) is 5.18 Å². The van der Waals surface area contributed by atoms with Crippen LogP contribution in [0.1, 0.15) is 19.3 Å². The molecule has 0 saturated heterocycles. The second-order valence-corrected chi connectivity index (χ2v) is 4.05. The highest BCUT2D eigenvalue weighted by Gasteiger charge is 2.16. The van der Waals surface area contributed by atoms with Crippen LogP contribution in [0.3, 0.4) is 0 Å². The fourth-order valence-electron chi connectivity index (χ4n) is 1.52. The third-order valence-electron chi connectivity index (χ3n) is 2.60. The number of rotatable bonds is 9. The van der Waals surface area contributed by atoms with Gasteiger partial charge in [0.05, 0.1) is 11.5 Å². The van der Waals surface area contributed by atoms with Crippen molar-refractivity contribution in [3.05, 3.63) is 39.3 Å². The number of unbranched alkanes of at least 4 members (excludes halogenated alkanes) is 1. The van der Waals surface area contributed by atoms with Crippen molar-refractivity contribution < 1.29 is 19.6 Å². The minimum atomic E-state index is -1.23. The van der Waals surface area contributed by atoms with Gasteiger partial charge in [-0.3, -0.25) is 10.1 Å². The summed E-state index contributed by atoms with van der Waals surface area (Å²) in [6, 6.07) is 4.45. The number of benzene rings is 1. The van der Waals surface area contributed by atoms with Crippen LogP contribution in [0.15, 0.2) is 29.4 Å². The summed E-state index contributed by atoms with van der Waals surface area (Å²) < 4.78 is 5.34. The zero-order chi connectivity index (χ0) is 15.0. The molecule has 1 atom stereocenters. The Kier molecular flexibility index (Phi) is 6.08. The lowest BCUT2D eigenvalue weighted by Gasteiger charge is -2.06. The molecule has 1 N–H and O–H groups in total. The Bertz CT molecular complexity index is 473. The number of aliphatic carboxylic acids is 1. The maximum absolute atomic E-state index is 10.5. The quantitative estimate of drug-likeness (QED) is 0.321. The first-order valence-corrected chi connectivity index (χ1v) is 5.97. The third kappa shape index (κ3) is 5.01. The number of nitro groups is 1. The van der Waals surface area contributed by atoms with Gasteiger partial charge in [-0.05, 0) is 31.4 Å². The normalized spacial score (nSPS) is 11.6. The predicted octanol–water partition coefficient (Wildman–Crippen LogP) is 2.36. The van der Waals surface area contributed by atoms with E-state index in [4.69, 9.17) is 9.84 Å². The summed E-state index contributed by atoms with van der Waals surface area (Å²) in [6.07, 6.45) is 1.23. The first-order chi connectivity index (χ1) is 9.54. The lowest BCUT2D eigenvalue weighted by molar-refractivity contribution is -0.384. The highest BCUT2D eigenvalue weighted by atomic mass is 16.6. The average Bonchev–Trinajstić information content (AvgIpc) is 2.42. The summed E-state index contributed by atoms with van der Waals surface area (Å²) in [5, 5.41) is 21.6. The molecule has 0 aliphatic rings. The van der Waals surface area contributed by atoms with Gasteiger partial charge < -0.3 is 9.84 Å². The van der Waals surface area contributed by atoms with Gasteiger partial charge in [-0.2, -0.15) is 0 Å². The van der Waals surface area contributed by atoms with Gasteiger partial charge in [-0.25, -0.2) is 4.79 Å². The van der Waals surface area contributed by atoms with Crippen LogP contribution in [-0.4, -0.2) is 28.6 Å². The Morgan fingerprint density at radius 1 is 1.35 bits per heavy atom. The summed E-state index contributed by atoms with van der Waals surface area (Å²) in [6.45, 7) is 0.336. The van der Waals surface area contributed by atoms with E-state index in [0.717, 1.165) is 0 Å². The second-order valence-electron chi connectivity index (χ2n) is 4.05. The largest absolute Gasteiger partial charge is 0.494 e. The van der Waals surface area contributed by atoms with Crippen molar-refractivity contribution in [1.29, 1.82) is 0 Å². The molecule has 20 heavy (non-hydrogen) atoms. The van der Waals surface area contributed by atoms with Gasteiger partial charge in [-0.15, -0.1) is 4.91 Å². The Morgan fingerprint density at radius 3 is 2.50 bits per heavy atom. The molecular formula is C12H14N2O6. The van der Waals surface area contributed by atoms with Gasteiger partial charge in [0.1, 0.15) is 5.75 Å². The molecule has 1 rings (SSSR count). The first kappa shape index (κ1) is 15.5. The van der Waals surface area contributed by atoms with Crippen molar-refractivity contribution in [2.75, 3.05) is 6.61 Å². The zero-order valence-corrected chi connectivity index (χ0v) is 10.6. The summed E-state index contributed by atoms with van der Waals surface area (Å²) >= 11 is 0. The molecule has 0 aliphatic carbocycles. The number of carboxylic acids is 1. The molecule has 0 spiro atoms. The predicted molar refractivity (Wildman–Crippen MR) is 69.7 cm³/mol. The van der Waals surface area contributed by atoms with Crippen LogP contribution >= 0.6 is 0 Å². The van der Waals surface area contributed by atoms with Crippen molar-refractivity contribution in [1.82, 2.24) is 0 Å². The van der Waals surface area contributed by atoms with E-state index in [0.29, 0.717) is 25.2 Å². The number of nitrogens with zero attached hydrogens (tertiary/aromatic N) is 2. The maximum atomic E-state index is 10.5. The topological polar surface area (TPSA) is 119 Å². The molecule has 0 aromatic heterocycles. The molecular weight excluding hydrogens is 268 g/mol. The van der Waals surface area contributed by atoms with Crippen LogP contribution in [0.5, 0.6) is 5.75 Å². The highest BCUT2D eigenvalue weighted by Crippen LogP contribution is 2.17. The maximum Gasteiger partial charge on any atom is 0.332 e. The van der Waals surface area contributed by atoms with Crippen LogP contribution in [-0.2, 0) is 4.79 Å². The monoisotopic (exact) mass is 282 g/mol. The number of non-ortho nitro benzene ring substituents is 1. The van der Waals surface area contributed by atoms with Gasteiger partial charge in [-0.1, -0.05) is 5.18 Å². The summed E-state index contributed by atoms with van der Waals surface area (Å²) in [7, 11) is 0. The summed E-state index contributed by atoms with van der Waals surface area (Å²) in [5.74, 6) is -0.727. The van der Waals surface area contributed by atoms with Crippen molar-refractivity contribution in [3.63, 3.8) is 0 Å². The fraction of sp³-hybridized carbons (Fsp3) is 0.417. The van der Waals surface area contributed by atoms with E-state index in [2.05, 4.69) is 5.18 Å². The summed E-state index contributed by atoms with van der Waals surface area (Å²) in [4.78, 5) is 30.7. The molecule has 8 heteroatoms. The summed E-state index contributed by atoms with van der Waals surface area (Å²) in [5.41, 5.74) is -0.0151. The molecule has 0 heterocycles. The van der Waals surface area contributed by atoms with Crippen molar-refractivity contribution in [2.45, 2.75) is 25.3 Å². The van der Waals surface area contributed by atoms with Crippen LogP contribution in [0.2, 0.25) is 0 Å². The lowest BCUT2D eigenvalue weighted by Crippen LogP contribution is -2.17. The molecule has 1 unspecified atom stereocenters. The van der Waals surface area contributed by atoms with Crippen molar-refractivity contribution in [3.8, 4) is 5.75 Å². The lowest BCUT2D eigenvalue weighted by atomic mass is 10.1. The molecule has 0 radical (unpaired) electrons. The van der Waals surface area contributed by atoms with E-state index in [1.165, 1.54) is 24.3 Å². The van der Waals surface area contributed by atoms with Crippen LogP contribution in [0.25, 0.3) is 0 Å². The Morgan fingerprint density at radius 2 is 2.00 bits per heavy atom. The van der Waals surface area contributed by atoms with Crippen LogP contribution < -0.4 is 4.74 Å². The highest BCUT2D eigenvalue weighted by molar-refractivity contribution is 5.73. The Hall–Kier alpha value is -2.51. The van der Waals surface area contributed by atoms with Crippen LogP contribution in [0, 0.1) is 15.0 Å². The minimum absolute atomic E-state index is 0.0151. The molecule has 1 aromatic carbocycles. The molecule has 8 nitrogen and oxygen atoms in total. The average molecular weight is 282 g/mol. The number of carboxylic acid groups (broad SMARTS) is 1.